The van der Waals surface area contributed by atoms with E-state index in [2.05, 4.69) is 39.3 Å². The summed E-state index contributed by atoms with van der Waals surface area (Å²) in [6.45, 7) is 3.63. The first kappa shape index (κ1) is 15.1. The molecule has 0 saturated carbocycles. The van der Waals surface area contributed by atoms with Gasteiger partial charge in [-0.3, -0.25) is 5.10 Å². The Balaban J connectivity index is 1.60. The number of thiophene rings is 1. The molecule has 2 unspecified atom stereocenters. The number of carbonyl (C=O) groups excluding carboxylic acids is 1. The second kappa shape index (κ2) is 6.96. The molecule has 0 bridgehead atoms. The zero-order chi connectivity index (χ0) is 15.4. The molecule has 0 radical (unpaired) electrons. The topological polar surface area (TPSA) is 61.0 Å². The third kappa shape index (κ3) is 3.32. The number of H-pyrrole nitrogens is 1. The van der Waals surface area contributed by atoms with E-state index in [1.165, 1.54) is 5.56 Å². The van der Waals surface area contributed by atoms with Crippen LogP contribution in [-0.2, 0) is 0 Å². The summed E-state index contributed by atoms with van der Waals surface area (Å²) in [7, 11) is 0. The van der Waals surface area contributed by atoms with Gasteiger partial charge in [-0.2, -0.15) is 16.4 Å². The van der Waals surface area contributed by atoms with Crippen molar-refractivity contribution in [1.82, 2.24) is 20.4 Å². The predicted octanol–water partition coefficient (Wildman–Crippen LogP) is 3.51. The van der Waals surface area contributed by atoms with Gasteiger partial charge in [-0.05, 0) is 47.6 Å². The lowest BCUT2D eigenvalue weighted by Crippen LogP contribution is -2.45. The van der Waals surface area contributed by atoms with Gasteiger partial charge in [0.2, 0.25) is 0 Å². The Labute approximate surface area is 134 Å². The highest BCUT2D eigenvalue weighted by Gasteiger charge is 2.28. The third-order valence-electron chi connectivity index (χ3n) is 4.34. The van der Waals surface area contributed by atoms with Crippen molar-refractivity contribution >= 4 is 17.4 Å². The molecule has 1 saturated heterocycles. The molecule has 3 heterocycles. The van der Waals surface area contributed by atoms with Gasteiger partial charge in [0.1, 0.15) is 0 Å². The van der Waals surface area contributed by atoms with Gasteiger partial charge in [0.15, 0.2) is 0 Å². The van der Waals surface area contributed by atoms with Crippen molar-refractivity contribution in [2.45, 2.75) is 38.1 Å². The molecule has 0 aliphatic carbocycles. The fourth-order valence-electron chi connectivity index (χ4n) is 2.98. The van der Waals surface area contributed by atoms with Crippen LogP contribution in [0.4, 0.5) is 4.79 Å². The molecule has 2 amide bonds. The summed E-state index contributed by atoms with van der Waals surface area (Å²) in [6, 6.07) is 2.30. The van der Waals surface area contributed by atoms with Crippen LogP contribution in [-0.4, -0.2) is 34.2 Å². The Morgan fingerprint density at radius 1 is 1.59 bits per heavy atom. The van der Waals surface area contributed by atoms with Crippen LogP contribution in [0.25, 0.3) is 0 Å². The van der Waals surface area contributed by atoms with Gasteiger partial charge in [-0.1, -0.05) is 6.92 Å². The lowest BCUT2D eigenvalue weighted by atomic mass is 9.98. The summed E-state index contributed by atoms with van der Waals surface area (Å²) < 4.78 is 0. The van der Waals surface area contributed by atoms with Crippen molar-refractivity contribution in [3.8, 4) is 0 Å². The molecule has 22 heavy (non-hydrogen) atoms. The summed E-state index contributed by atoms with van der Waals surface area (Å²) in [4.78, 5) is 14.5. The van der Waals surface area contributed by atoms with Crippen molar-refractivity contribution in [2.24, 2.45) is 0 Å². The maximum Gasteiger partial charge on any atom is 0.317 e. The quantitative estimate of drug-likeness (QED) is 0.906. The van der Waals surface area contributed by atoms with E-state index >= 15 is 0 Å². The van der Waals surface area contributed by atoms with Crippen molar-refractivity contribution in [3.05, 3.63) is 40.3 Å². The number of likely N-dealkylation sites (tertiary alicyclic amines) is 1. The van der Waals surface area contributed by atoms with Gasteiger partial charge in [0.05, 0.1) is 12.2 Å². The van der Waals surface area contributed by atoms with Crippen LogP contribution < -0.4 is 5.32 Å². The molecule has 2 aromatic rings. The van der Waals surface area contributed by atoms with Crippen molar-refractivity contribution < 1.29 is 4.79 Å². The second-order valence-corrected chi connectivity index (χ2v) is 6.66. The Morgan fingerprint density at radius 2 is 2.50 bits per heavy atom. The van der Waals surface area contributed by atoms with Gasteiger partial charge in [-0.15, -0.1) is 0 Å². The standard InChI is InChI=1S/C16H22N4OS/c1-12(13-5-7-22-11-13)8-17-16(21)20-6-3-2-4-15(20)14-9-18-19-10-14/h5,7,9-12,15H,2-4,6,8H2,1H3,(H,17,21)(H,18,19). The van der Waals surface area contributed by atoms with Crippen molar-refractivity contribution in [2.75, 3.05) is 13.1 Å². The van der Waals surface area contributed by atoms with Crippen LogP contribution in [0.5, 0.6) is 0 Å². The Bertz CT molecular complexity index is 581. The highest BCUT2D eigenvalue weighted by Crippen LogP contribution is 2.30. The predicted molar refractivity (Wildman–Crippen MR) is 88.0 cm³/mol. The Kier molecular flexibility index (Phi) is 4.77. The number of piperidine rings is 1. The molecular weight excluding hydrogens is 296 g/mol. The molecule has 0 spiro atoms. The van der Waals surface area contributed by atoms with Crippen LogP contribution in [0.2, 0.25) is 0 Å². The number of urea groups is 1. The number of nitrogens with zero attached hydrogens (tertiary/aromatic N) is 2. The first-order chi connectivity index (χ1) is 10.8. The molecule has 0 aromatic carbocycles. The summed E-state index contributed by atoms with van der Waals surface area (Å²) in [5.74, 6) is 0.340. The lowest BCUT2D eigenvalue weighted by Gasteiger charge is -2.35. The molecule has 2 atom stereocenters. The summed E-state index contributed by atoms with van der Waals surface area (Å²) in [5.41, 5.74) is 2.39. The van der Waals surface area contributed by atoms with E-state index in [0.717, 1.165) is 31.4 Å². The normalized spacial score (nSPS) is 19.9. The largest absolute Gasteiger partial charge is 0.337 e. The Hall–Kier alpha value is -1.82. The number of nitrogens with one attached hydrogen (secondary N) is 2. The fourth-order valence-corrected chi connectivity index (χ4v) is 3.76. The van der Waals surface area contributed by atoms with E-state index in [4.69, 9.17) is 0 Å². The molecule has 1 aliphatic heterocycles. The molecule has 5 nitrogen and oxygen atoms in total. The first-order valence-electron chi connectivity index (χ1n) is 7.81. The van der Waals surface area contributed by atoms with E-state index in [-0.39, 0.29) is 12.1 Å². The average Bonchev–Trinajstić information content (AvgIpc) is 3.24. The lowest BCUT2D eigenvalue weighted by molar-refractivity contribution is 0.151. The first-order valence-corrected chi connectivity index (χ1v) is 8.75. The van der Waals surface area contributed by atoms with Gasteiger partial charge in [0, 0.05) is 24.8 Å². The molecule has 6 heteroatoms. The van der Waals surface area contributed by atoms with Crippen LogP contribution in [0.15, 0.2) is 29.2 Å². The molecule has 118 valence electrons. The number of amides is 2. The van der Waals surface area contributed by atoms with Gasteiger partial charge >= 0.3 is 6.03 Å². The van der Waals surface area contributed by atoms with Crippen LogP contribution in [0, 0.1) is 0 Å². The van der Waals surface area contributed by atoms with E-state index in [1.807, 2.05) is 17.3 Å². The highest BCUT2D eigenvalue weighted by molar-refractivity contribution is 7.07. The zero-order valence-electron chi connectivity index (χ0n) is 12.8. The number of rotatable bonds is 4. The second-order valence-electron chi connectivity index (χ2n) is 5.88. The monoisotopic (exact) mass is 318 g/mol. The minimum absolute atomic E-state index is 0.0352. The maximum absolute atomic E-state index is 12.6. The van der Waals surface area contributed by atoms with E-state index in [9.17, 15) is 4.79 Å². The molecule has 2 aromatic heterocycles. The zero-order valence-corrected chi connectivity index (χ0v) is 13.6. The van der Waals surface area contributed by atoms with Crippen LogP contribution in [0.3, 0.4) is 0 Å². The molecular formula is C16H22N4OS. The third-order valence-corrected chi connectivity index (χ3v) is 5.04. The van der Waals surface area contributed by atoms with E-state index < -0.39 is 0 Å². The molecule has 3 rings (SSSR count). The van der Waals surface area contributed by atoms with Gasteiger partial charge in [-0.25, -0.2) is 4.79 Å². The highest BCUT2D eigenvalue weighted by atomic mass is 32.1. The van der Waals surface area contributed by atoms with Crippen molar-refractivity contribution in [3.63, 3.8) is 0 Å². The van der Waals surface area contributed by atoms with Crippen LogP contribution >= 0.6 is 11.3 Å². The molecule has 1 fully saturated rings. The number of aromatic nitrogens is 2. The molecule has 1 aliphatic rings. The summed E-state index contributed by atoms with van der Waals surface area (Å²) in [5, 5.41) is 14.2. The summed E-state index contributed by atoms with van der Waals surface area (Å²) >= 11 is 1.70. The fraction of sp³-hybridized carbons (Fsp3) is 0.500. The minimum Gasteiger partial charge on any atom is -0.337 e. The molecule has 2 N–H and O–H groups in total. The Morgan fingerprint density at radius 3 is 3.23 bits per heavy atom. The van der Waals surface area contributed by atoms with Gasteiger partial charge < -0.3 is 10.2 Å². The smallest absolute Gasteiger partial charge is 0.317 e. The minimum atomic E-state index is 0.0352. The van der Waals surface area contributed by atoms with E-state index in [1.54, 1.807) is 11.3 Å². The van der Waals surface area contributed by atoms with Gasteiger partial charge in [0.25, 0.3) is 0 Å². The maximum atomic E-state index is 12.6. The van der Waals surface area contributed by atoms with Crippen LogP contribution in [0.1, 0.15) is 49.3 Å². The van der Waals surface area contributed by atoms with Crippen molar-refractivity contribution in [1.29, 1.82) is 0 Å². The average molecular weight is 318 g/mol. The summed E-state index contributed by atoms with van der Waals surface area (Å²) in [6.07, 6.45) is 6.95. The number of carbonyl (C=O) groups is 1. The number of hydrogen-bond donors (Lipinski definition) is 2. The number of hydrogen-bond acceptors (Lipinski definition) is 3. The number of aromatic amines is 1. The SMILES string of the molecule is CC(CNC(=O)N1CCCCC1c1cn[nH]c1)c1ccsc1. The van der Waals surface area contributed by atoms with E-state index in [0.29, 0.717) is 12.5 Å².